The predicted octanol–water partition coefficient (Wildman–Crippen LogP) is 3.12. The number of nitrogens with zero attached hydrogens (tertiary/aromatic N) is 1. The van der Waals surface area contributed by atoms with Crippen LogP contribution in [0.4, 0.5) is 32.0 Å². The van der Waals surface area contributed by atoms with Gasteiger partial charge in [-0.05, 0) is 12.1 Å². The molecule has 0 aliphatic carbocycles. The standard InChI is InChI=1S/C16H13F6NO6S/c1-28-13(24)8-10-7-11(29-30(26,27)16(20,21)22)6-9-4-2-3-5-12(9)23(10)14(25)15(17,18)19/h2-6,10H,7-8H2,1H3. The molecule has 0 radical (unpaired) electrons. The number of esters is 1. The molecule has 0 saturated heterocycles. The monoisotopic (exact) mass is 461 g/mol. The summed E-state index contributed by atoms with van der Waals surface area (Å²) in [6.07, 6.45) is -6.46. The number of para-hydroxylation sites is 1. The largest absolute Gasteiger partial charge is 0.534 e. The highest BCUT2D eigenvalue weighted by Gasteiger charge is 2.50. The van der Waals surface area contributed by atoms with Gasteiger partial charge in [0.05, 0.1) is 25.3 Å². The van der Waals surface area contributed by atoms with E-state index in [1.807, 2.05) is 0 Å². The number of halogens is 6. The number of ether oxygens (including phenoxy) is 1. The molecule has 1 unspecified atom stereocenters. The number of alkyl halides is 6. The molecular formula is C16H13F6NO6S. The number of methoxy groups -OCH3 is 1. The molecule has 1 aromatic carbocycles. The fourth-order valence-corrected chi connectivity index (χ4v) is 3.17. The Morgan fingerprint density at radius 3 is 2.27 bits per heavy atom. The Balaban J connectivity index is 2.62. The number of rotatable bonds is 4. The summed E-state index contributed by atoms with van der Waals surface area (Å²) in [5, 5.41) is 0. The average molecular weight is 461 g/mol. The maximum atomic E-state index is 13.2. The molecule has 0 fully saturated rings. The number of hydrogen-bond donors (Lipinski definition) is 0. The number of benzene rings is 1. The second-order valence-electron chi connectivity index (χ2n) is 5.96. The maximum Gasteiger partial charge on any atom is 0.534 e. The van der Waals surface area contributed by atoms with Crippen LogP contribution in [0, 0.1) is 0 Å². The zero-order chi connectivity index (χ0) is 22.9. The Hall–Kier alpha value is -2.77. The Bertz CT molecular complexity index is 969. The van der Waals surface area contributed by atoms with E-state index in [-0.39, 0.29) is 10.5 Å². The van der Waals surface area contributed by atoms with Crippen LogP contribution in [0.3, 0.4) is 0 Å². The SMILES string of the molecule is COC(=O)CC1CC(OS(=O)(=O)C(F)(F)F)=Cc2ccccc2N1C(=O)C(F)(F)F. The van der Waals surface area contributed by atoms with Crippen molar-refractivity contribution in [2.75, 3.05) is 12.0 Å². The van der Waals surface area contributed by atoms with Gasteiger partial charge in [-0.1, -0.05) is 18.2 Å². The molecule has 7 nitrogen and oxygen atoms in total. The minimum atomic E-state index is -6.15. The molecule has 1 amide bonds. The van der Waals surface area contributed by atoms with Crippen molar-refractivity contribution >= 4 is 33.8 Å². The highest BCUT2D eigenvalue weighted by atomic mass is 32.2. The van der Waals surface area contributed by atoms with E-state index >= 15 is 0 Å². The minimum Gasteiger partial charge on any atom is -0.469 e. The van der Waals surface area contributed by atoms with Crippen LogP contribution < -0.4 is 4.90 Å². The van der Waals surface area contributed by atoms with E-state index in [0.717, 1.165) is 25.3 Å². The van der Waals surface area contributed by atoms with E-state index in [0.29, 0.717) is 0 Å². The molecule has 14 heteroatoms. The van der Waals surface area contributed by atoms with Crippen molar-refractivity contribution in [3.63, 3.8) is 0 Å². The third-order valence-corrected chi connectivity index (χ3v) is 4.91. The van der Waals surface area contributed by atoms with E-state index in [1.54, 1.807) is 0 Å². The molecule has 1 aliphatic heterocycles. The van der Waals surface area contributed by atoms with E-state index < -0.39 is 64.0 Å². The quantitative estimate of drug-likeness (QED) is 0.296. The first-order valence-electron chi connectivity index (χ1n) is 7.95. The Labute approximate surface area is 166 Å². The molecule has 0 spiro atoms. The minimum absolute atomic E-state index is 0.166. The number of fused-ring (bicyclic) bond motifs is 1. The number of hydrogen-bond acceptors (Lipinski definition) is 6. The van der Waals surface area contributed by atoms with Crippen LogP contribution in [-0.2, 0) is 28.6 Å². The van der Waals surface area contributed by atoms with Gasteiger partial charge >= 0.3 is 33.7 Å². The summed E-state index contributed by atoms with van der Waals surface area (Å²) in [6, 6.07) is 2.99. The van der Waals surface area contributed by atoms with Crippen LogP contribution in [0.15, 0.2) is 30.0 Å². The molecule has 166 valence electrons. The summed E-state index contributed by atoms with van der Waals surface area (Å²) in [7, 11) is -5.24. The zero-order valence-corrected chi connectivity index (χ0v) is 15.8. The summed E-state index contributed by atoms with van der Waals surface area (Å²) >= 11 is 0. The second kappa shape index (κ2) is 8.16. The highest BCUT2D eigenvalue weighted by Crippen LogP contribution is 2.37. The van der Waals surface area contributed by atoms with Gasteiger partial charge in [0.25, 0.3) is 0 Å². The number of amides is 1. The first-order chi connectivity index (χ1) is 13.7. The lowest BCUT2D eigenvalue weighted by atomic mass is 10.1. The molecule has 2 rings (SSSR count). The smallest absolute Gasteiger partial charge is 0.469 e. The molecular weight excluding hydrogens is 448 g/mol. The van der Waals surface area contributed by atoms with Crippen LogP contribution in [0.5, 0.6) is 0 Å². The first kappa shape index (κ1) is 23.5. The van der Waals surface area contributed by atoms with Crippen LogP contribution >= 0.6 is 0 Å². The lowest BCUT2D eigenvalue weighted by Gasteiger charge is -2.31. The van der Waals surface area contributed by atoms with Crippen molar-refractivity contribution in [1.29, 1.82) is 0 Å². The Morgan fingerprint density at radius 2 is 1.73 bits per heavy atom. The van der Waals surface area contributed by atoms with Crippen molar-refractivity contribution in [3.8, 4) is 0 Å². The molecule has 0 bridgehead atoms. The molecule has 1 atom stereocenters. The van der Waals surface area contributed by atoms with Crippen LogP contribution in [0.1, 0.15) is 18.4 Å². The molecule has 0 saturated carbocycles. The van der Waals surface area contributed by atoms with Crippen LogP contribution in [0.25, 0.3) is 6.08 Å². The predicted molar refractivity (Wildman–Crippen MR) is 89.1 cm³/mol. The molecule has 0 aromatic heterocycles. The van der Waals surface area contributed by atoms with Crippen molar-refractivity contribution in [2.45, 2.75) is 30.6 Å². The van der Waals surface area contributed by atoms with Crippen molar-refractivity contribution in [3.05, 3.63) is 35.6 Å². The molecule has 1 aromatic rings. The molecule has 1 aliphatic rings. The fourth-order valence-electron chi connectivity index (χ4n) is 2.68. The lowest BCUT2D eigenvalue weighted by Crippen LogP contribution is -2.48. The van der Waals surface area contributed by atoms with Crippen molar-refractivity contribution in [1.82, 2.24) is 0 Å². The Kier molecular flexibility index (Phi) is 6.40. The van der Waals surface area contributed by atoms with E-state index in [9.17, 15) is 44.3 Å². The van der Waals surface area contributed by atoms with Gasteiger partial charge in [-0.25, -0.2) is 0 Å². The Morgan fingerprint density at radius 1 is 1.13 bits per heavy atom. The summed E-state index contributed by atoms with van der Waals surface area (Å²) in [5.41, 5.74) is -6.44. The maximum absolute atomic E-state index is 13.2. The average Bonchev–Trinajstić information content (AvgIpc) is 2.74. The topological polar surface area (TPSA) is 90.0 Å². The van der Waals surface area contributed by atoms with Gasteiger partial charge in [0.15, 0.2) is 0 Å². The molecule has 0 N–H and O–H groups in total. The molecule has 1 heterocycles. The van der Waals surface area contributed by atoms with E-state index in [4.69, 9.17) is 0 Å². The van der Waals surface area contributed by atoms with Gasteiger partial charge in [0.1, 0.15) is 5.76 Å². The zero-order valence-electron chi connectivity index (χ0n) is 15.0. The van der Waals surface area contributed by atoms with Gasteiger partial charge in [-0.15, -0.1) is 0 Å². The van der Waals surface area contributed by atoms with Crippen LogP contribution in [-0.4, -0.2) is 45.1 Å². The summed E-state index contributed by atoms with van der Waals surface area (Å²) in [4.78, 5) is 23.9. The normalized spacial score (nSPS) is 17.5. The van der Waals surface area contributed by atoms with Crippen molar-refractivity contribution < 1.29 is 53.3 Å². The van der Waals surface area contributed by atoms with E-state index in [2.05, 4.69) is 8.92 Å². The second-order valence-corrected chi connectivity index (χ2v) is 7.50. The fraction of sp³-hybridized carbons (Fsp3) is 0.375. The van der Waals surface area contributed by atoms with Gasteiger partial charge < -0.3 is 8.92 Å². The number of carbonyl (C=O) groups is 2. The van der Waals surface area contributed by atoms with E-state index in [1.165, 1.54) is 12.1 Å². The summed E-state index contributed by atoms with van der Waals surface area (Å²) < 4.78 is 109. The lowest BCUT2D eigenvalue weighted by molar-refractivity contribution is -0.171. The van der Waals surface area contributed by atoms with Gasteiger partial charge in [-0.3, -0.25) is 14.5 Å². The number of carbonyl (C=O) groups excluding carboxylic acids is 2. The number of anilines is 1. The van der Waals surface area contributed by atoms with Gasteiger partial charge in [-0.2, -0.15) is 34.8 Å². The van der Waals surface area contributed by atoms with Gasteiger partial charge in [0, 0.05) is 12.0 Å². The third-order valence-electron chi connectivity index (χ3n) is 3.91. The highest BCUT2D eigenvalue weighted by molar-refractivity contribution is 7.87. The first-order valence-corrected chi connectivity index (χ1v) is 9.35. The summed E-state index contributed by atoms with van der Waals surface area (Å²) in [5.74, 6) is -4.40. The van der Waals surface area contributed by atoms with Crippen LogP contribution in [0.2, 0.25) is 0 Å². The third kappa shape index (κ3) is 5.04. The van der Waals surface area contributed by atoms with Gasteiger partial charge in [0.2, 0.25) is 0 Å². The van der Waals surface area contributed by atoms with Crippen molar-refractivity contribution in [2.24, 2.45) is 0 Å². The molecule has 30 heavy (non-hydrogen) atoms. The summed E-state index contributed by atoms with van der Waals surface area (Å²) in [6.45, 7) is 0.